The molecule has 2 atom stereocenters. The SMILES string of the molecule is CC(C)N1C[C@H]2C[C@@]2(c2ccc(F)c(Cl)c2)C1. The third-order valence-electron chi connectivity index (χ3n) is 4.40. The van der Waals surface area contributed by atoms with Gasteiger partial charge in [-0.15, -0.1) is 0 Å². The summed E-state index contributed by atoms with van der Waals surface area (Å²) in [6, 6.07) is 5.82. The second-order valence-electron chi connectivity index (χ2n) is 5.71. The van der Waals surface area contributed by atoms with E-state index in [0.717, 1.165) is 12.5 Å². The Hall–Kier alpha value is -0.600. The van der Waals surface area contributed by atoms with Gasteiger partial charge < -0.3 is 0 Å². The maximum absolute atomic E-state index is 13.2. The molecule has 1 nitrogen and oxygen atoms in total. The molecule has 0 spiro atoms. The van der Waals surface area contributed by atoms with Gasteiger partial charge >= 0.3 is 0 Å². The van der Waals surface area contributed by atoms with Crippen LogP contribution in [-0.2, 0) is 5.41 Å². The molecule has 17 heavy (non-hydrogen) atoms. The molecule has 1 aromatic rings. The van der Waals surface area contributed by atoms with E-state index in [1.807, 2.05) is 12.1 Å². The standard InChI is InChI=1S/C14H17ClFN/c1-9(2)17-7-11-6-14(11,8-17)10-3-4-13(16)12(15)5-10/h3-5,9,11H,6-8H2,1-2H3/t11-,14+/m1/s1. The fourth-order valence-corrected chi connectivity index (χ4v) is 3.35. The summed E-state index contributed by atoms with van der Waals surface area (Å²) < 4.78 is 13.2. The lowest BCUT2D eigenvalue weighted by Gasteiger charge is -2.24. The summed E-state index contributed by atoms with van der Waals surface area (Å²) in [6.07, 6.45) is 1.23. The smallest absolute Gasteiger partial charge is 0.141 e. The van der Waals surface area contributed by atoms with E-state index in [2.05, 4.69) is 18.7 Å². The van der Waals surface area contributed by atoms with E-state index >= 15 is 0 Å². The number of fused-ring (bicyclic) bond motifs is 1. The van der Waals surface area contributed by atoms with Crippen LogP contribution in [0.4, 0.5) is 4.39 Å². The minimum atomic E-state index is -0.317. The molecular weight excluding hydrogens is 237 g/mol. The van der Waals surface area contributed by atoms with E-state index in [9.17, 15) is 4.39 Å². The van der Waals surface area contributed by atoms with Crippen molar-refractivity contribution in [2.45, 2.75) is 31.7 Å². The first-order valence-electron chi connectivity index (χ1n) is 6.22. The summed E-state index contributed by atoms with van der Waals surface area (Å²) in [6.45, 7) is 6.73. The largest absolute Gasteiger partial charge is 0.300 e. The predicted octanol–water partition coefficient (Wildman–Crippen LogP) is 3.46. The normalized spacial score (nSPS) is 31.9. The van der Waals surface area contributed by atoms with Gasteiger partial charge in [-0.3, -0.25) is 4.90 Å². The van der Waals surface area contributed by atoms with Crippen molar-refractivity contribution in [1.29, 1.82) is 0 Å². The zero-order valence-electron chi connectivity index (χ0n) is 10.2. The number of nitrogens with zero attached hydrogens (tertiary/aromatic N) is 1. The molecule has 0 radical (unpaired) electrons. The molecule has 0 unspecified atom stereocenters. The molecule has 3 rings (SSSR count). The lowest BCUT2D eigenvalue weighted by molar-refractivity contribution is 0.243. The third kappa shape index (κ3) is 1.69. The van der Waals surface area contributed by atoms with Crippen molar-refractivity contribution < 1.29 is 4.39 Å². The topological polar surface area (TPSA) is 3.24 Å². The maximum atomic E-state index is 13.2. The predicted molar refractivity (Wildman–Crippen MR) is 67.9 cm³/mol. The molecule has 1 aliphatic carbocycles. The third-order valence-corrected chi connectivity index (χ3v) is 4.69. The molecule has 1 heterocycles. The zero-order chi connectivity index (χ0) is 12.2. The van der Waals surface area contributed by atoms with Crippen LogP contribution in [0.1, 0.15) is 25.8 Å². The van der Waals surface area contributed by atoms with Crippen LogP contribution in [0.2, 0.25) is 5.02 Å². The van der Waals surface area contributed by atoms with E-state index in [4.69, 9.17) is 11.6 Å². The Labute approximate surface area is 107 Å². The second-order valence-corrected chi connectivity index (χ2v) is 6.12. The van der Waals surface area contributed by atoms with Crippen LogP contribution in [-0.4, -0.2) is 24.0 Å². The number of benzene rings is 1. The Morgan fingerprint density at radius 1 is 1.47 bits per heavy atom. The van der Waals surface area contributed by atoms with E-state index in [1.54, 1.807) is 0 Å². The van der Waals surface area contributed by atoms with E-state index < -0.39 is 0 Å². The first-order chi connectivity index (χ1) is 8.03. The molecule has 3 heteroatoms. The highest BCUT2D eigenvalue weighted by atomic mass is 35.5. The first-order valence-corrected chi connectivity index (χ1v) is 6.60. The molecule has 1 saturated heterocycles. The first kappa shape index (κ1) is 11.5. The minimum Gasteiger partial charge on any atom is -0.300 e. The number of piperidine rings is 1. The summed E-state index contributed by atoms with van der Waals surface area (Å²) in [5.74, 6) is 0.425. The summed E-state index contributed by atoms with van der Waals surface area (Å²) in [5, 5.41) is 0.255. The van der Waals surface area contributed by atoms with Gasteiger partial charge in [-0.25, -0.2) is 4.39 Å². The monoisotopic (exact) mass is 253 g/mol. The number of hydrogen-bond donors (Lipinski definition) is 0. The van der Waals surface area contributed by atoms with Gasteiger partial charge in [-0.05, 0) is 43.9 Å². The van der Waals surface area contributed by atoms with Crippen LogP contribution >= 0.6 is 11.6 Å². The second kappa shape index (κ2) is 3.69. The molecule has 2 aliphatic rings. The Kier molecular flexibility index (Phi) is 2.50. The van der Waals surface area contributed by atoms with E-state index in [1.165, 1.54) is 24.6 Å². The Balaban J connectivity index is 1.88. The highest BCUT2D eigenvalue weighted by Crippen LogP contribution is 2.59. The molecular formula is C14H17ClFN. The van der Waals surface area contributed by atoms with Gasteiger partial charge in [0.15, 0.2) is 0 Å². The molecule has 1 saturated carbocycles. The van der Waals surface area contributed by atoms with Crippen molar-refractivity contribution in [1.82, 2.24) is 4.90 Å². The van der Waals surface area contributed by atoms with Crippen molar-refractivity contribution in [3.8, 4) is 0 Å². The van der Waals surface area contributed by atoms with Crippen molar-refractivity contribution in [3.05, 3.63) is 34.6 Å². The number of hydrogen-bond acceptors (Lipinski definition) is 1. The van der Waals surface area contributed by atoms with Crippen LogP contribution in [0.25, 0.3) is 0 Å². The van der Waals surface area contributed by atoms with Crippen LogP contribution in [0.15, 0.2) is 18.2 Å². The molecule has 0 aromatic heterocycles. The average molecular weight is 254 g/mol. The van der Waals surface area contributed by atoms with Crippen molar-refractivity contribution in [2.24, 2.45) is 5.92 Å². The van der Waals surface area contributed by atoms with Gasteiger partial charge in [0.05, 0.1) is 5.02 Å². The molecule has 92 valence electrons. The highest BCUT2D eigenvalue weighted by Gasteiger charge is 2.60. The fraction of sp³-hybridized carbons (Fsp3) is 0.571. The minimum absolute atomic E-state index is 0.255. The van der Waals surface area contributed by atoms with Crippen LogP contribution < -0.4 is 0 Å². The maximum Gasteiger partial charge on any atom is 0.141 e. The van der Waals surface area contributed by atoms with E-state index in [-0.39, 0.29) is 16.3 Å². The highest BCUT2D eigenvalue weighted by molar-refractivity contribution is 6.30. The average Bonchev–Trinajstić information content (AvgIpc) is 2.85. The quantitative estimate of drug-likeness (QED) is 0.780. The van der Waals surface area contributed by atoms with Gasteiger partial charge in [0.25, 0.3) is 0 Å². The van der Waals surface area contributed by atoms with E-state index in [0.29, 0.717) is 6.04 Å². The summed E-state index contributed by atoms with van der Waals surface area (Å²) in [7, 11) is 0. The molecule has 0 bridgehead atoms. The Morgan fingerprint density at radius 3 is 2.82 bits per heavy atom. The Morgan fingerprint density at radius 2 is 2.24 bits per heavy atom. The number of likely N-dealkylation sites (tertiary alicyclic amines) is 1. The van der Waals surface area contributed by atoms with Crippen molar-refractivity contribution >= 4 is 11.6 Å². The van der Waals surface area contributed by atoms with Crippen LogP contribution in [0.3, 0.4) is 0 Å². The van der Waals surface area contributed by atoms with Gasteiger partial charge in [0.2, 0.25) is 0 Å². The summed E-state index contributed by atoms with van der Waals surface area (Å²) >= 11 is 5.88. The van der Waals surface area contributed by atoms with Crippen LogP contribution in [0, 0.1) is 11.7 Å². The van der Waals surface area contributed by atoms with Gasteiger partial charge in [0, 0.05) is 24.5 Å². The van der Waals surface area contributed by atoms with Crippen molar-refractivity contribution in [2.75, 3.05) is 13.1 Å². The lowest BCUT2D eigenvalue weighted by atomic mass is 9.95. The lowest BCUT2D eigenvalue weighted by Crippen LogP contribution is -2.32. The summed E-state index contributed by atoms with van der Waals surface area (Å²) in [5.41, 5.74) is 1.48. The fourth-order valence-electron chi connectivity index (χ4n) is 3.17. The molecule has 0 amide bonds. The number of halogens is 2. The molecule has 1 aliphatic heterocycles. The molecule has 0 N–H and O–H groups in total. The zero-order valence-corrected chi connectivity index (χ0v) is 11.0. The van der Waals surface area contributed by atoms with Crippen molar-refractivity contribution in [3.63, 3.8) is 0 Å². The summed E-state index contributed by atoms with van der Waals surface area (Å²) in [4.78, 5) is 2.51. The molecule has 1 aromatic carbocycles. The van der Waals surface area contributed by atoms with Gasteiger partial charge in [0.1, 0.15) is 5.82 Å². The number of rotatable bonds is 2. The molecule has 2 fully saturated rings. The van der Waals surface area contributed by atoms with Gasteiger partial charge in [-0.1, -0.05) is 17.7 Å². The van der Waals surface area contributed by atoms with Crippen LogP contribution in [0.5, 0.6) is 0 Å². The Bertz CT molecular complexity index is 460. The van der Waals surface area contributed by atoms with Gasteiger partial charge in [-0.2, -0.15) is 0 Å².